The zero-order valence-corrected chi connectivity index (χ0v) is 16.0. The number of ether oxygens (including phenoxy) is 2. The van der Waals surface area contributed by atoms with Crippen molar-refractivity contribution < 1.29 is 14.3 Å². The number of hydrogen-bond acceptors (Lipinski definition) is 4. The maximum Gasteiger partial charge on any atom is 0.338 e. The fraction of sp³-hybridized carbons (Fsp3) is 0.273. The van der Waals surface area contributed by atoms with Crippen molar-refractivity contribution in [2.24, 2.45) is 0 Å². The van der Waals surface area contributed by atoms with Gasteiger partial charge in [0.1, 0.15) is 12.4 Å². The molecule has 3 aromatic rings. The Labute approximate surface area is 157 Å². The largest absolute Gasteiger partial charge is 0.497 e. The molecule has 3 rings (SSSR count). The van der Waals surface area contributed by atoms with Crippen LogP contribution >= 0.6 is 0 Å². The van der Waals surface area contributed by atoms with Gasteiger partial charge >= 0.3 is 5.97 Å². The average molecular weight is 365 g/mol. The van der Waals surface area contributed by atoms with Crippen LogP contribution in [0.1, 0.15) is 42.3 Å². The molecular weight excluding hydrogens is 342 g/mol. The maximum absolute atomic E-state index is 12.3. The van der Waals surface area contributed by atoms with E-state index in [4.69, 9.17) is 9.47 Å². The quantitative estimate of drug-likeness (QED) is 0.704. The van der Waals surface area contributed by atoms with E-state index in [2.05, 4.69) is 25.8 Å². The molecule has 0 fully saturated rings. The summed E-state index contributed by atoms with van der Waals surface area (Å²) in [5.41, 5.74) is 2.43. The van der Waals surface area contributed by atoms with Gasteiger partial charge in [0.05, 0.1) is 18.2 Å². The van der Waals surface area contributed by atoms with Crippen LogP contribution in [0.25, 0.3) is 10.9 Å². The molecule has 140 valence electrons. The summed E-state index contributed by atoms with van der Waals surface area (Å²) in [7, 11) is 1.58. The Hall–Kier alpha value is -3.08. The number of pyridine rings is 1. The molecule has 5 nitrogen and oxygen atoms in total. The van der Waals surface area contributed by atoms with Gasteiger partial charge in [0.15, 0.2) is 0 Å². The smallest absolute Gasteiger partial charge is 0.338 e. The molecule has 0 unspecified atom stereocenters. The fourth-order valence-corrected chi connectivity index (χ4v) is 2.80. The molecule has 0 aliphatic carbocycles. The van der Waals surface area contributed by atoms with E-state index in [9.17, 15) is 9.59 Å². The summed E-state index contributed by atoms with van der Waals surface area (Å²) >= 11 is 0. The summed E-state index contributed by atoms with van der Waals surface area (Å²) in [6.45, 7) is 6.24. The molecule has 0 saturated carbocycles. The molecule has 0 aliphatic heterocycles. The molecule has 0 bridgehead atoms. The number of hydrogen-bond donors (Lipinski definition) is 1. The van der Waals surface area contributed by atoms with Crippen LogP contribution in [0.5, 0.6) is 5.75 Å². The van der Waals surface area contributed by atoms with Crippen LogP contribution in [0.2, 0.25) is 0 Å². The molecule has 1 N–H and O–H groups in total. The number of benzene rings is 2. The third-order valence-corrected chi connectivity index (χ3v) is 4.47. The van der Waals surface area contributed by atoms with E-state index in [1.165, 1.54) is 0 Å². The van der Waals surface area contributed by atoms with Crippen molar-refractivity contribution in [3.63, 3.8) is 0 Å². The first kappa shape index (κ1) is 18.7. The van der Waals surface area contributed by atoms with Crippen molar-refractivity contribution in [1.82, 2.24) is 4.98 Å². The van der Waals surface area contributed by atoms with E-state index in [0.717, 1.165) is 10.9 Å². The number of H-pyrrole nitrogens is 1. The summed E-state index contributed by atoms with van der Waals surface area (Å²) < 4.78 is 10.5. The lowest BCUT2D eigenvalue weighted by atomic mass is 9.87. The highest BCUT2D eigenvalue weighted by Crippen LogP contribution is 2.22. The van der Waals surface area contributed by atoms with Gasteiger partial charge in [-0.05, 0) is 47.4 Å². The predicted octanol–water partition coefficient (Wildman–Crippen LogP) is 4.19. The first-order valence-corrected chi connectivity index (χ1v) is 8.75. The van der Waals surface area contributed by atoms with Gasteiger partial charge in [0, 0.05) is 10.9 Å². The van der Waals surface area contributed by atoms with E-state index in [0.29, 0.717) is 22.4 Å². The monoisotopic (exact) mass is 365 g/mol. The van der Waals surface area contributed by atoms with Gasteiger partial charge < -0.3 is 14.5 Å². The normalized spacial score (nSPS) is 11.4. The Morgan fingerprint density at radius 3 is 2.37 bits per heavy atom. The molecular formula is C22H23NO4. The van der Waals surface area contributed by atoms with Gasteiger partial charge in [-0.1, -0.05) is 32.9 Å². The molecule has 0 radical (unpaired) electrons. The minimum atomic E-state index is -0.458. The summed E-state index contributed by atoms with van der Waals surface area (Å²) in [5, 5.41) is 0.814. The molecule has 5 heteroatoms. The average Bonchev–Trinajstić information content (AvgIpc) is 2.65. The number of methoxy groups -OCH3 is 1. The Morgan fingerprint density at radius 1 is 1.04 bits per heavy atom. The Balaban J connectivity index is 1.76. The summed E-state index contributed by atoms with van der Waals surface area (Å²) in [6.07, 6.45) is 0. The van der Waals surface area contributed by atoms with Crippen LogP contribution in [0.15, 0.2) is 53.3 Å². The van der Waals surface area contributed by atoms with E-state index in [1.807, 2.05) is 18.2 Å². The lowest BCUT2D eigenvalue weighted by Crippen LogP contribution is -2.16. The minimum Gasteiger partial charge on any atom is -0.497 e. The zero-order chi connectivity index (χ0) is 19.6. The summed E-state index contributed by atoms with van der Waals surface area (Å²) in [6, 6.07) is 14.4. The highest BCUT2D eigenvalue weighted by atomic mass is 16.5. The molecule has 0 atom stereocenters. The van der Waals surface area contributed by atoms with Gasteiger partial charge in [0.25, 0.3) is 5.56 Å². The first-order valence-electron chi connectivity index (χ1n) is 8.75. The fourth-order valence-electron chi connectivity index (χ4n) is 2.80. The number of carbonyl (C=O) groups is 1. The minimum absolute atomic E-state index is 0.0158. The second-order valence-electron chi connectivity index (χ2n) is 7.48. The van der Waals surface area contributed by atoms with Crippen molar-refractivity contribution in [2.75, 3.05) is 7.11 Å². The predicted molar refractivity (Wildman–Crippen MR) is 105 cm³/mol. The molecule has 27 heavy (non-hydrogen) atoms. The molecule has 0 amide bonds. The standard InChI is InChI=1S/C22H23NO4/c1-22(2,3)17-7-5-14(6-8-17)21(25)27-13-16-11-15-12-18(26-4)9-10-19(15)23-20(16)24/h5-12H,13H2,1-4H3,(H,23,24). The van der Waals surface area contributed by atoms with E-state index in [1.54, 1.807) is 37.4 Å². The van der Waals surface area contributed by atoms with Gasteiger partial charge in [-0.15, -0.1) is 0 Å². The second-order valence-corrected chi connectivity index (χ2v) is 7.48. The van der Waals surface area contributed by atoms with Gasteiger partial charge in [-0.3, -0.25) is 4.79 Å². The molecule has 0 aliphatic rings. The molecule has 1 aromatic heterocycles. The summed E-state index contributed by atoms with van der Waals surface area (Å²) in [5.74, 6) is 0.233. The van der Waals surface area contributed by atoms with Crippen LogP contribution in [0, 0.1) is 0 Å². The number of aromatic amines is 1. The van der Waals surface area contributed by atoms with Gasteiger partial charge in [0.2, 0.25) is 0 Å². The molecule has 1 heterocycles. The lowest BCUT2D eigenvalue weighted by molar-refractivity contribution is 0.0471. The van der Waals surface area contributed by atoms with Crippen LogP contribution in [-0.4, -0.2) is 18.1 Å². The highest BCUT2D eigenvalue weighted by molar-refractivity contribution is 5.89. The van der Waals surface area contributed by atoms with E-state index < -0.39 is 5.97 Å². The number of rotatable bonds is 4. The lowest BCUT2D eigenvalue weighted by Gasteiger charge is -2.18. The van der Waals surface area contributed by atoms with Gasteiger partial charge in [-0.25, -0.2) is 4.79 Å². The topological polar surface area (TPSA) is 68.4 Å². The van der Waals surface area contributed by atoms with Crippen LogP contribution < -0.4 is 10.3 Å². The van der Waals surface area contributed by atoms with Crippen molar-refractivity contribution in [1.29, 1.82) is 0 Å². The molecule has 0 saturated heterocycles. The van der Waals surface area contributed by atoms with E-state index >= 15 is 0 Å². The maximum atomic E-state index is 12.3. The summed E-state index contributed by atoms with van der Waals surface area (Å²) in [4.78, 5) is 27.3. The van der Waals surface area contributed by atoms with Crippen LogP contribution in [-0.2, 0) is 16.8 Å². The van der Waals surface area contributed by atoms with Crippen molar-refractivity contribution in [2.45, 2.75) is 32.8 Å². The van der Waals surface area contributed by atoms with Gasteiger partial charge in [-0.2, -0.15) is 0 Å². The number of aromatic nitrogens is 1. The van der Waals surface area contributed by atoms with Crippen molar-refractivity contribution in [3.8, 4) is 5.75 Å². The SMILES string of the molecule is COc1ccc2[nH]c(=O)c(COC(=O)c3ccc(C(C)(C)C)cc3)cc2c1. The zero-order valence-electron chi connectivity index (χ0n) is 16.0. The number of carbonyl (C=O) groups excluding carboxylic acids is 1. The van der Waals surface area contributed by atoms with Crippen molar-refractivity contribution >= 4 is 16.9 Å². The highest BCUT2D eigenvalue weighted by Gasteiger charge is 2.15. The Bertz CT molecular complexity index is 1030. The third kappa shape index (κ3) is 4.19. The first-order chi connectivity index (χ1) is 12.8. The second kappa shape index (κ2) is 7.27. The van der Waals surface area contributed by atoms with Crippen LogP contribution in [0.3, 0.4) is 0 Å². The number of esters is 1. The van der Waals surface area contributed by atoms with E-state index in [-0.39, 0.29) is 17.6 Å². The Morgan fingerprint density at radius 2 is 1.74 bits per heavy atom. The van der Waals surface area contributed by atoms with Crippen molar-refractivity contribution in [3.05, 3.63) is 75.6 Å². The number of fused-ring (bicyclic) bond motifs is 1. The Kier molecular flexibility index (Phi) is 5.04. The molecule has 0 spiro atoms. The van der Waals surface area contributed by atoms with Crippen LogP contribution in [0.4, 0.5) is 0 Å². The third-order valence-electron chi connectivity index (χ3n) is 4.47. The number of nitrogens with one attached hydrogen (secondary N) is 1. The molecule has 2 aromatic carbocycles.